The molecule has 1 aromatic carbocycles. The quantitative estimate of drug-likeness (QED) is 0.885. The van der Waals surface area contributed by atoms with E-state index in [4.69, 9.17) is 16.3 Å². The minimum Gasteiger partial charge on any atom is -0.495 e. The average molecular weight is 269 g/mol. The van der Waals surface area contributed by atoms with Crippen molar-refractivity contribution in [2.75, 3.05) is 19.0 Å². The largest absolute Gasteiger partial charge is 0.495 e. The van der Waals surface area contributed by atoms with Crippen LogP contribution in [-0.2, 0) is 4.79 Å². The summed E-state index contributed by atoms with van der Waals surface area (Å²) in [5.74, 6) is 0.560. The van der Waals surface area contributed by atoms with Crippen molar-refractivity contribution in [2.45, 2.75) is 25.8 Å². The highest BCUT2D eigenvalue weighted by molar-refractivity contribution is 6.31. The molecule has 0 saturated carbocycles. The number of aryl methyl sites for hydroxylation is 1. The number of ether oxygens (including phenoxy) is 1. The van der Waals surface area contributed by atoms with E-state index in [2.05, 4.69) is 10.6 Å². The van der Waals surface area contributed by atoms with Crippen LogP contribution in [0.4, 0.5) is 5.69 Å². The minimum atomic E-state index is -0.106. The van der Waals surface area contributed by atoms with Gasteiger partial charge in [-0.1, -0.05) is 11.6 Å². The number of methoxy groups -OCH3 is 1. The number of benzene rings is 1. The third kappa shape index (κ3) is 2.76. The summed E-state index contributed by atoms with van der Waals surface area (Å²) in [6.07, 6.45) is 1.91. The molecule has 0 bridgehead atoms. The van der Waals surface area contributed by atoms with E-state index in [1.807, 2.05) is 13.0 Å². The molecule has 1 aliphatic rings. The van der Waals surface area contributed by atoms with Crippen molar-refractivity contribution in [3.8, 4) is 5.75 Å². The van der Waals surface area contributed by atoms with Crippen molar-refractivity contribution >= 4 is 23.2 Å². The molecule has 0 radical (unpaired) electrons. The van der Waals surface area contributed by atoms with E-state index >= 15 is 0 Å². The van der Waals surface area contributed by atoms with Crippen LogP contribution >= 0.6 is 11.6 Å². The normalized spacial score (nSPS) is 18.7. The molecule has 5 heteroatoms. The number of rotatable bonds is 3. The number of carbonyl (C=O) groups excluding carboxylic acids is 1. The maximum absolute atomic E-state index is 12.0. The predicted molar refractivity (Wildman–Crippen MR) is 72.4 cm³/mol. The first-order chi connectivity index (χ1) is 8.61. The monoisotopic (exact) mass is 268 g/mol. The molecule has 0 spiro atoms. The van der Waals surface area contributed by atoms with Gasteiger partial charge in [-0.2, -0.15) is 0 Å². The molecule has 0 aromatic heterocycles. The van der Waals surface area contributed by atoms with Crippen LogP contribution in [0.25, 0.3) is 0 Å². The Morgan fingerprint density at radius 1 is 1.56 bits per heavy atom. The summed E-state index contributed by atoms with van der Waals surface area (Å²) in [4.78, 5) is 12.0. The number of hydrogen-bond acceptors (Lipinski definition) is 3. The second-order valence-corrected chi connectivity index (χ2v) is 4.85. The van der Waals surface area contributed by atoms with E-state index in [0.29, 0.717) is 16.5 Å². The Kier molecular flexibility index (Phi) is 4.09. The van der Waals surface area contributed by atoms with Crippen LogP contribution in [0.5, 0.6) is 5.75 Å². The van der Waals surface area contributed by atoms with Crippen LogP contribution in [0, 0.1) is 6.92 Å². The lowest BCUT2D eigenvalue weighted by molar-refractivity contribution is -0.117. The second-order valence-electron chi connectivity index (χ2n) is 4.44. The first-order valence-electron chi connectivity index (χ1n) is 6.00. The topological polar surface area (TPSA) is 50.4 Å². The Morgan fingerprint density at radius 3 is 2.94 bits per heavy atom. The van der Waals surface area contributed by atoms with E-state index in [0.717, 1.165) is 24.9 Å². The lowest BCUT2D eigenvalue weighted by Gasteiger charge is -2.15. The van der Waals surface area contributed by atoms with Crippen molar-refractivity contribution in [3.05, 3.63) is 22.7 Å². The number of hydrogen-bond donors (Lipinski definition) is 2. The van der Waals surface area contributed by atoms with Gasteiger partial charge in [0.25, 0.3) is 0 Å². The molecule has 4 nitrogen and oxygen atoms in total. The molecule has 1 fully saturated rings. The smallest absolute Gasteiger partial charge is 0.241 e. The third-order valence-corrected chi connectivity index (χ3v) is 3.52. The van der Waals surface area contributed by atoms with Crippen molar-refractivity contribution < 1.29 is 9.53 Å². The van der Waals surface area contributed by atoms with Gasteiger partial charge in [-0.25, -0.2) is 0 Å². The Balaban J connectivity index is 2.17. The first kappa shape index (κ1) is 13.2. The molecular formula is C13H17ClN2O2. The highest BCUT2D eigenvalue weighted by atomic mass is 35.5. The molecule has 2 rings (SSSR count). The van der Waals surface area contributed by atoms with E-state index in [-0.39, 0.29) is 11.9 Å². The molecular weight excluding hydrogens is 252 g/mol. The first-order valence-corrected chi connectivity index (χ1v) is 6.38. The lowest BCUT2D eigenvalue weighted by atomic mass is 10.1. The number of carbonyl (C=O) groups is 1. The Hall–Kier alpha value is -1.26. The van der Waals surface area contributed by atoms with E-state index in [1.165, 1.54) is 0 Å². The number of nitrogens with one attached hydrogen (secondary N) is 2. The van der Waals surface area contributed by atoms with Gasteiger partial charge < -0.3 is 15.4 Å². The van der Waals surface area contributed by atoms with Gasteiger partial charge >= 0.3 is 0 Å². The fraction of sp³-hybridized carbons (Fsp3) is 0.462. The summed E-state index contributed by atoms with van der Waals surface area (Å²) in [6.45, 7) is 2.79. The summed E-state index contributed by atoms with van der Waals surface area (Å²) in [6, 6.07) is 3.44. The predicted octanol–water partition coefficient (Wildman–Crippen LogP) is 2.35. The maximum Gasteiger partial charge on any atom is 0.241 e. The van der Waals surface area contributed by atoms with Gasteiger partial charge in [0.2, 0.25) is 5.91 Å². The SMILES string of the molecule is COc1cc(Cl)c(C)cc1NC(=O)C1CCCN1. The van der Waals surface area contributed by atoms with Crippen LogP contribution < -0.4 is 15.4 Å². The molecule has 1 aliphatic heterocycles. The van der Waals surface area contributed by atoms with E-state index in [9.17, 15) is 4.79 Å². The highest BCUT2D eigenvalue weighted by Gasteiger charge is 2.23. The van der Waals surface area contributed by atoms with E-state index in [1.54, 1.807) is 13.2 Å². The van der Waals surface area contributed by atoms with Gasteiger partial charge in [0, 0.05) is 11.1 Å². The Morgan fingerprint density at radius 2 is 2.33 bits per heavy atom. The molecule has 1 saturated heterocycles. The molecule has 2 N–H and O–H groups in total. The van der Waals surface area contributed by atoms with Crippen LogP contribution in [-0.4, -0.2) is 25.6 Å². The van der Waals surface area contributed by atoms with Crippen LogP contribution in [0.1, 0.15) is 18.4 Å². The number of anilines is 1. The number of amides is 1. The summed E-state index contributed by atoms with van der Waals surface area (Å²) in [7, 11) is 1.56. The number of halogens is 1. The minimum absolute atomic E-state index is 0.0208. The molecule has 1 heterocycles. The van der Waals surface area contributed by atoms with Crippen molar-refractivity contribution in [3.63, 3.8) is 0 Å². The summed E-state index contributed by atoms with van der Waals surface area (Å²) in [5.41, 5.74) is 1.57. The van der Waals surface area contributed by atoms with Crippen molar-refractivity contribution in [1.82, 2.24) is 5.32 Å². The fourth-order valence-corrected chi connectivity index (χ4v) is 2.21. The lowest BCUT2D eigenvalue weighted by Crippen LogP contribution is -2.35. The van der Waals surface area contributed by atoms with Gasteiger partial charge in [-0.15, -0.1) is 0 Å². The Bertz CT molecular complexity index is 457. The van der Waals surface area contributed by atoms with Gasteiger partial charge in [-0.05, 0) is 37.9 Å². The van der Waals surface area contributed by atoms with Gasteiger partial charge in [0.15, 0.2) is 0 Å². The zero-order valence-corrected chi connectivity index (χ0v) is 11.3. The Labute approximate surface area is 112 Å². The van der Waals surface area contributed by atoms with Gasteiger partial charge in [0.1, 0.15) is 5.75 Å². The maximum atomic E-state index is 12.0. The molecule has 18 heavy (non-hydrogen) atoms. The van der Waals surface area contributed by atoms with Crippen molar-refractivity contribution in [1.29, 1.82) is 0 Å². The van der Waals surface area contributed by atoms with Gasteiger partial charge in [0.05, 0.1) is 18.8 Å². The molecule has 1 atom stereocenters. The van der Waals surface area contributed by atoms with Crippen LogP contribution in [0.3, 0.4) is 0 Å². The van der Waals surface area contributed by atoms with Crippen LogP contribution in [0.15, 0.2) is 12.1 Å². The highest BCUT2D eigenvalue weighted by Crippen LogP contribution is 2.31. The third-order valence-electron chi connectivity index (χ3n) is 3.12. The summed E-state index contributed by atoms with van der Waals surface area (Å²) < 4.78 is 5.23. The molecule has 0 aliphatic carbocycles. The fourth-order valence-electron chi connectivity index (χ4n) is 2.06. The summed E-state index contributed by atoms with van der Waals surface area (Å²) in [5, 5.41) is 6.68. The molecule has 98 valence electrons. The standard InChI is InChI=1S/C13H17ClN2O2/c1-8-6-11(12(18-2)7-9(8)14)16-13(17)10-4-3-5-15-10/h6-7,10,15H,3-5H2,1-2H3,(H,16,17). The molecule has 1 amide bonds. The zero-order chi connectivity index (χ0) is 13.1. The second kappa shape index (κ2) is 5.59. The van der Waals surface area contributed by atoms with Crippen LogP contribution in [0.2, 0.25) is 5.02 Å². The zero-order valence-electron chi connectivity index (χ0n) is 10.5. The molecule has 1 unspecified atom stereocenters. The average Bonchev–Trinajstić information content (AvgIpc) is 2.87. The molecule has 1 aromatic rings. The summed E-state index contributed by atoms with van der Waals surface area (Å²) >= 11 is 6.02. The van der Waals surface area contributed by atoms with E-state index < -0.39 is 0 Å². The van der Waals surface area contributed by atoms with Crippen molar-refractivity contribution in [2.24, 2.45) is 0 Å². The van der Waals surface area contributed by atoms with Gasteiger partial charge in [-0.3, -0.25) is 4.79 Å².